The molecule has 0 unspecified atom stereocenters. The van der Waals surface area contributed by atoms with Crippen LogP contribution in [0.1, 0.15) is 28.6 Å². The highest BCUT2D eigenvalue weighted by Crippen LogP contribution is 2.32. The molecule has 0 N–H and O–H groups in total. The summed E-state index contributed by atoms with van der Waals surface area (Å²) in [5.41, 5.74) is 0.0509. The zero-order chi connectivity index (χ0) is 20.1. The second-order valence-electron chi connectivity index (χ2n) is 6.75. The van der Waals surface area contributed by atoms with Gasteiger partial charge in [0, 0.05) is 37.6 Å². The van der Waals surface area contributed by atoms with E-state index in [2.05, 4.69) is 4.90 Å². The SMILES string of the molecule is CC(=O)c1ccc(SCCCN2CCN(c3cccc(C(F)(F)F)c3)CC2)s1. The molecule has 0 bridgehead atoms. The number of thiophene rings is 1. The second-order valence-corrected chi connectivity index (χ2v) is 9.23. The van der Waals surface area contributed by atoms with Crippen LogP contribution in [0, 0.1) is 0 Å². The predicted molar refractivity (Wildman–Crippen MR) is 110 cm³/mol. The number of hydrogen-bond acceptors (Lipinski definition) is 5. The minimum atomic E-state index is -4.30. The van der Waals surface area contributed by atoms with Gasteiger partial charge in [-0.2, -0.15) is 13.2 Å². The Morgan fingerprint density at radius 2 is 1.89 bits per heavy atom. The normalized spacial score (nSPS) is 15.8. The summed E-state index contributed by atoms with van der Waals surface area (Å²) in [6.45, 7) is 5.75. The molecular weight excluding hydrogens is 405 g/mol. The lowest BCUT2D eigenvalue weighted by molar-refractivity contribution is -0.137. The zero-order valence-corrected chi connectivity index (χ0v) is 17.3. The van der Waals surface area contributed by atoms with Crippen molar-refractivity contribution < 1.29 is 18.0 Å². The van der Waals surface area contributed by atoms with Gasteiger partial charge < -0.3 is 4.90 Å². The molecule has 0 saturated carbocycles. The summed E-state index contributed by atoms with van der Waals surface area (Å²) in [6, 6.07) is 9.46. The van der Waals surface area contributed by atoms with Crippen LogP contribution in [-0.2, 0) is 6.18 Å². The maximum absolute atomic E-state index is 12.9. The Hall–Kier alpha value is -1.51. The number of nitrogens with zero attached hydrogens (tertiary/aromatic N) is 2. The number of halogens is 3. The number of anilines is 1. The summed E-state index contributed by atoms with van der Waals surface area (Å²) < 4.78 is 39.8. The summed E-state index contributed by atoms with van der Waals surface area (Å²) in [5, 5.41) is 0. The van der Waals surface area contributed by atoms with Crippen LogP contribution in [0.4, 0.5) is 18.9 Å². The van der Waals surface area contributed by atoms with Gasteiger partial charge in [0.2, 0.25) is 0 Å². The van der Waals surface area contributed by atoms with Crippen LogP contribution in [0.5, 0.6) is 0 Å². The molecule has 1 aromatic carbocycles. The van der Waals surface area contributed by atoms with E-state index in [-0.39, 0.29) is 5.78 Å². The van der Waals surface area contributed by atoms with E-state index in [1.165, 1.54) is 16.3 Å². The van der Waals surface area contributed by atoms with Crippen LogP contribution in [0.3, 0.4) is 0 Å². The standard InChI is InChI=1S/C20H23F3N2OS2/c1-15(26)18-6-7-19(28-18)27-13-3-8-24-9-11-25(12-10-24)17-5-2-4-16(14-17)20(21,22)23/h2,4-7,14H,3,8-13H2,1H3. The maximum atomic E-state index is 12.9. The van der Waals surface area contributed by atoms with Crippen molar-refractivity contribution in [3.63, 3.8) is 0 Å². The van der Waals surface area contributed by atoms with Crippen LogP contribution in [0.25, 0.3) is 0 Å². The predicted octanol–water partition coefficient (Wildman–Crippen LogP) is 5.27. The molecule has 0 atom stereocenters. The summed E-state index contributed by atoms with van der Waals surface area (Å²) >= 11 is 3.31. The monoisotopic (exact) mass is 428 g/mol. The average molecular weight is 429 g/mol. The van der Waals surface area contributed by atoms with Crippen LogP contribution >= 0.6 is 23.1 Å². The molecule has 0 aliphatic carbocycles. The van der Waals surface area contributed by atoms with Crippen molar-refractivity contribution in [3.05, 3.63) is 46.8 Å². The lowest BCUT2D eigenvalue weighted by Crippen LogP contribution is -2.46. The largest absolute Gasteiger partial charge is 0.416 e. The third-order valence-corrected chi connectivity index (χ3v) is 7.20. The van der Waals surface area contributed by atoms with E-state index in [1.807, 2.05) is 17.0 Å². The van der Waals surface area contributed by atoms with Gasteiger partial charge in [-0.25, -0.2) is 0 Å². The number of thioether (sulfide) groups is 1. The molecule has 2 aromatic rings. The Labute approximate surface area is 171 Å². The number of rotatable bonds is 7. The number of carbonyl (C=O) groups excluding carboxylic acids is 1. The van der Waals surface area contributed by atoms with Gasteiger partial charge in [0.05, 0.1) is 14.6 Å². The zero-order valence-electron chi connectivity index (χ0n) is 15.7. The molecule has 8 heteroatoms. The van der Waals surface area contributed by atoms with Crippen LogP contribution in [0.15, 0.2) is 40.6 Å². The summed E-state index contributed by atoms with van der Waals surface area (Å²) in [5.74, 6) is 1.10. The van der Waals surface area contributed by atoms with Crippen molar-refractivity contribution in [2.24, 2.45) is 0 Å². The third-order valence-electron chi connectivity index (χ3n) is 4.70. The molecular formula is C20H23F3N2OS2. The molecule has 3 nitrogen and oxygen atoms in total. The quantitative estimate of drug-likeness (QED) is 0.340. The Bertz CT molecular complexity index is 799. The van der Waals surface area contributed by atoms with Crippen LogP contribution < -0.4 is 4.90 Å². The molecule has 1 saturated heterocycles. The number of Topliss-reactive ketones (excluding diaryl/α,β-unsaturated/α-hetero) is 1. The highest BCUT2D eigenvalue weighted by molar-refractivity contribution is 8.01. The number of piperazine rings is 1. The van der Waals surface area contributed by atoms with Crippen molar-refractivity contribution in [2.45, 2.75) is 23.7 Å². The molecule has 1 aliphatic rings. The van der Waals surface area contributed by atoms with Gasteiger partial charge >= 0.3 is 6.18 Å². The molecule has 0 amide bonds. The van der Waals surface area contributed by atoms with E-state index in [1.54, 1.807) is 36.1 Å². The Kier molecular flexibility index (Phi) is 7.06. The van der Waals surface area contributed by atoms with E-state index in [9.17, 15) is 18.0 Å². The molecule has 1 fully saturated rings. The third kappa shape index (κ3) is 5.75. The van der Waals surface area contributed by atoms with Crippen molar-refractivity contribution in [1.82, 2.24) is 4.90 Å². The molecule has 28 heavy (non-hydrogen) atoms. The fourth-order valence-corrected chi connectivity index (χ4v) is 5.18. The Morgan fingerprint density at radius 1 is 1.14 bits per heavy atom. The molecule has 1 aromatic heterocycles. The lowest BCUT2D eigenvalue weighted by atomic mass is 10.1. The van der Waals surface area contributed by atoms with Gasteiger partial charge in [-0.1, -0.05) is 6.07 Å². The highest BCUT2D eigenvalue weighted by Gasteiger charge is 2.31. The topological polar surface area (TPSA) is 23.6 Å². The fraction of sp³-hybridized carbons (Fsp3) is 0.450. The Balaban J connectivity index is 1.40. The van der Waals surface area contributed by atoms with Crippen molar-refractivity contribution in [3.8, 4) is 0 Å². The minimum Gasteiger partial charge on any atom is -0.369 e. The van der Waals surface area contributed by atoms with Gasteiger partial charge in [-0.05, 0) is 50.2 Å². The van der Waals surface area contributed by atoms with Crippen LogP contribution in [-0.4, -0.2) is 49.2 Å². The number of ketones is 1. The first-order valence-corrected chi connectivity index (χ1v) is 11.0. The van der Waals surface area contributed by atoms with E-state index in [0.717, 1.165) is 55.8 Å². The minimum absolute atomic E-state index is 0.107. The number of carbonyl (C=O) groups is 1. The first-order chi connectivity index (χ1) is 13.3. The maximum Gasteiger partial charge on any atom is 0.416 e. The van der Waals surface area contributed by atoms with Gasteiger partial charge in [0.1, 0.15) is 0 Å². The second kappa shape index (κ2) is 9.33. The molecule has 2 heterocycles. The van der Waals surface area contributed by atoms with Gasteiger partial charge in [0.25, 0.3) is 0 Å². The molecule has 3 rings (SSSR count). The summed E-state index contributed by atoms with van der Waals surface area (Å²) in [4.78, 5) is 16.5. The number of hydrogen-bond donors (Lipinski definition) is 0. The van der Waals surface area contributed by atoms with E-state index >= 15 is 0 Å². The van der Waals surface area contributed by atoms with Crippen molar-refractivity contribution in [2.75, 3.05) is 43.4 Å². The average Bonchev–Trinajstić information content (AvgIpc) is 3.14. The van der Waals surface area contributed by atoms with E-state index in [0.29, 0.717) is 5.69 Å². The van der Waals surface area contributed by atoms with Gasteiger partial charge in [-0.3, -0.25) is 9.69 Å². The summed E-state index contributed by atoms with van der Waals surface area (Å²) in [6.07, 6.45) is -3.26. The highest BCUT2D eigenvalue weighted by atomic mass is 32.2. The van der Waals surface area contributed by atoms with Gasteiger partial charge in [0.15, 0.2) is 5.78 Å². The lowest BCUT2D eigenvalue weighted by Gasteiger charge is -2.36. The van der Waals surface area contributed by atoms with Crippen molar-refractivity contribution >= 4 is 34.6 Å². The number of alkyl halides is 3. The van der Waals surface area contributed by atoms with E-state index < -0.39 is 11.7 Å². The molecule has 152 valence electrons. The molecule has 1 aliphatic heterocycles. The molecule has 0 spiro atoms. The van der Waals surface area contributed by atoms with Crippen LogP contribution in [0.2, 0.25) is 0 Å². The fourth-order valence-electron chi connectivity index (χ4n) is 3.16. The number of benzene rings is 1. The first kappa shape index (κ1) is 21.2. The first-order valence-electron chi connectivity index (χ1n) is 9.21. The van der Waals surface area contributed by atoms with E-state index in [4.69, 9.17) is 0 Å². The summed E-state index contributed by atoms with van der Waals surface area (Å²) in [7, 11) is 0. The Morgan fingerprint density at radius 3 is 2.54 bits per heavy atom. The van der Waals surface area contributed by atoms with Gasteiger partial charge in [-0.15, -0.1) is 23.1 Å². The smallest absolute Gasteiger partial charge is 0.369 e. The van der Waals surface area contributed by atoms with Crippen molar-refractivity contribution in [1.29, 1.82) is 0 Å². The molecule has 0 radical (unpaired) electrons.